The molecule has 5 heterocycles. The van der Waals surface area contributed by atoms with Crippen LogP contribution >= 0.6 is 0 Å². The maximum absolute atomic E-state index is 13.4. The molecule has 1 spiro atoms. The Balaban J connectivity index is 1.16. The number of ether oxygens (including phenoxy) is 2. The van der Waals surface area contributed by atoms with Crippen LogP contribution in [-0.4, -0.2) is 103 Å². The van der Waals surface area contributed by atoms with Crippen LogP contribution in [0, 0.1) is 0 Å². The van der Waals surface area contributed by atoms with Gasteiger partial charge in [0.1, 0.15) is 6.10 Å². The molecule has 0 saturated carbocycles. The molecule has 2 bridgehead atoms. The number of hydrogen-bond acceptors (Lipinski definition) is 5. The van der Waals surface area contributed by atoms with E-state index in [2.05, 4.69) is 39.0 Å². The highest BCUT2D eigenvalue weighted by molar-refractivity contribution is 5.74. The molecule has 3 amide bonds. The second-order valence-corrected chi connectivity index (χ2v) is 12.8. The van der Waals surface area contributed by atoms with Crippen LogP contribution < -0.4 is 0 Å². The number of urea groups is 1. The normalized spacial score (nSPS) is 30.8. The van der Waals surface area contributed by atoms with E-state index in [9.17, 15) is 9.59 Å². The number of amides is 3. The fourth-order valence-corrected chi connectivity index (χ4v) is 8.16. The fourth-order valence-electron chi connectivity index (χ4n) is 8.16. The van der Waals surface area contributed by atoms with Crippen LogP contribution in [0.3, 0.4) is 0 Å². The third kappa shape index (κ3) is 5.39. The van der Waals surface area contributed by atoms with Gasteiger partial charge in [-0.15, -0.1) is 0 Å². The van der Waals surface area contributed by atoms with Crippen LogP contribution in [0.2, 0.25) is 0 Å². The van der Waals surface area contributed by atoms with Crippen molar-refractivity contribution in [1.82, 2.24) is 19.6 Å². The van der Waals surface area contributed by atoms with Gasteiger partial charge in [0.05, 0.1) is 13.2 Å². The number of fused-ring (bicyclic) bond motifs is 4. The van der Waals surface area contributed by atoms with E-state index in [1.54, 1.807) is 4.90 Å². The van der Waals surface area contributed by atoms with Gasteiger partial charge in [0.2, 0.25) is 0 Å². The van der Waals surface area contributed by atoms with E-state index < -0.39 is 0 Å². The van der Waals surface area contributed by atoms with Crippen LogP contribution in [0.1, 0.15) is 75.3 Å². The van der Waals surface area contributed by atoms with Crippen LogP contribution in [0.25, 0.3) is 0 Å². The Morgan fingerprint density at radius 2 is 1.72 bits per heavy atom. The lowest BCUT2D eigenvalue weighted by atomic mass is 9.68. The Morgan fingerprint density at radius 3 is 2.46 bits per heavy atom. The molecule has 39 heavy (non-hydrogen) atoms. The summed E-state index contributed by atoms with van der Waals surface area (Å²) in [5.74, 6) is 0. The van der Waals surface area contributed by atoms with Gasteiger partial charge in [0.15, 0.2) is 0 Å². The van der Waals surface area contributed by atoms with Gasteiger partial charge >= 0.3 is 12.1 Å². The van der Waals surface area contributed by atoms with Crippen LogP contribution in [0.5, 0.6) is 0 Å². The smallest absolute Gasteiger partial charge is 0.410 e. The Hall–Kier alpha value is -2.32. The Bertz CT molecular complexity index is 1030. The maximum atomic E-state index is 13.4. The zero-order valence-electron chi connectivity index (χ0n) is 23.9. The lowest BCUT2D eigenvalue weighted by molar-refractivity contribution is 0.0291. The van der Waals surface area contributed by atoms with Crippen molar-refractivity contribution in [3.63, 3.8) is 0 Å². The van der Waals surface area contributed by atoms with Crippen molar-refractivity contribution in [3.8, 4) is 0 Å². The number of benzene rings is 1. The molecule has 6 rings (SSSR count). The molecule has 214 valence electrons. The van der Waals surface area contributed by atoms with Crippen LogP contribution in [0.15, 0.2) is 24.3 Å². The summed E-state index contributed by atoms with van der Waals surface area (Å²) in [7, 11) is 3.70. The predicted molar refractivity (Wildman–Crippen MR) is 150 cm³/mol. The summed E-state index contributed by atoms with van der Waals surface area (Å²) in [4.78, 5) is 35.0. The number of hydrogen-bond donors (Lipinski definition) is 0. The third-order valence-electron chi connectivity index (χ3n) is 10.2. The van der Waals surface area contributed by atoms with Gasteiger partial charge in [-0.2, -0.15) is 0 Å². The molecular formula is C31H46N4O4. The molecule has 3 unspecified atom stereocenters. The second kappa shape index (κ2) is 11.3. The lowest BCUT2D eigenvalue weighted by Crippen LogP contribution is -2.56. The number of carbonyl (C=O) groups is 2. The molecule has 1 aromatic carbocycles. The number of likely N-dealkylation sites (tertiary alicyclic amines) is 1. The van der Waals surface area contributed by atoms with Gasteiger partial charge < -0.3 is 29.1 Å². The van der Waals surface area contributed by atoms with Crippen molar-refractivity contribution in [2.75, 3.05) is 46.9 Å². The van der Waals surface area contributed by atoms with E-state index in [-0.39, 0.29) is 29.7 Å². The van der Waals surface area contributed by atoms with Crippen molar-refractivity contribution in [2.45, 2.75) is 100 Å². The van der Waals surface area contributed by atoms with Crippen LogP contribution in [-0.2, 0) is 21.4 Å². The molecule has 0 N–H and O–H groups in total. The SMILES string of the molecule is CN(C)C(=O)N1Cc2ccccc2C2(CCN(C3CCC4CCCCC(C3)N4C(=O)O[C@@H]3CCOC3)CC2)C1. The largest absolute Gasteiger partial charge is 0.444 e. The summed E-state index contributed by atoms with van der Waals surface area (Å²) >= 11 is 0. The molecule has 8 heteroatoms. The molecule has 1 aromatic rings. The molecule has 4 fully saturated rings. The predicted octanol–water partition coefficient (Wildman–Crippen LogP) is 4.61. The van der Waals surface area contributed by atoms with Gasteiger partial charge in [-0.3, -0.25) is 0 Å². The number of piperidine rings is 1. The zero-order valence-corrected chi connectivity index (χ0v) is 23.9. The Kier molecular flexibility index (Phi) is 7.77. The van der Waals surface area contributed by atoms with Gasteiger partial charge in [0.25, 0.3) is 0 Å². The Morgan fingerprint density at radius 1 is 0.974 bits per heavy atom. The molecular weight excluding hydrogens is 492 g/mol. The van der Waals surface area contributed by atoms with E-state index in [1.165, 1.54) is 24.0 Å². The average molecular weight is 539 g/mol. The van der Waals surface area contributed by atoms with Gasteiger partial charge in [-0.1, -0.05) is 37.1 Å². The molecule has 0 radical (unpaired) electrons. The molecule has 5 aliphatic rings. The molecule has 4 atom stereocenters. The lowest BCUT2D eigenvalue weighted by Gasteiger charge is -2.50. The van der Waals surface area contributed by atoms with Crippen molar-refractivity contribution in [1.29, 1.82) is 0 Å². The summed E-state index contributed by atoms with van der Waals surface area (Å²) in [6.07, 6.45) is 10.6. The summed E-state index contributed by atoms with van der Waals surface area (Å²) in [5.41, 5.74) is 2.77. The van der Waals surface area contributed by atoms with Gasteiger partial charge in [-0.25, -0.2) is 9.59 Å². The van der Waals surface area contributed by atoms with E-state index in [0.717, 1.165) is 71.0 Å². The summed E-state index contributed by atoms with van der Waals surface area (Å²) in [6, 6.07) is 9.94. The van der Waals surface area contributed by atoms with Crippen LogP contribution in [0.4, 0.5) is 9.59 Å². The first-order chi connectivity index (χ1) is 18.9. The minimum atomic E-state index is -0.106. The molecule has 8 nitrogen and oxygen atoms in total. The van der Waals surface area contributed by atoms with Gasteiger partial charge in [-0.05, 0) is 69.2 Å². The summed E-state index contributed by atoms with van der Waals surface area (Å²) < 4.78 is 11.4. The van der Waals surface area contributed by atoms with Gasteiger partial charge in [0, 0.05) is 57.1 Å². The number of rotatable bonds is 2. The quantitative estimate of drug-likeness (QED) is 0.550. The minimum Gasteiger partial charge on any atom is -0.444 e. The first-order valence-corrected chi connectivity index (χ1v) is 15.3. The van der Waals surface area contributed by atoms with E-state index >= 15 is 0 Å². The monoisotopic (exact) mass is 538 g/mol. The maximum Gasteiger partial charge on any atom is 0.410 e. The van der Waals surface area contributed by atoms with Crippen molar-refractivity contribution in [3.05, 3.63) is 35.4 Å². The van der Waals surface area contributed by atoms with Crippen molar-refractivity contribution >= 4 is 12.1 Å². The topological polar surface area (TPSA) is 65.6 Å². The van der Waals surface area contributed by atoms with E-state index in [0.29, 0.717) is 31.8 Å². The van der Waals surface area contributed by atoms with E-state index in [4.69, 9.17) is 9.47 Å². The number of carbonyl (C=O) groups excluding carboxylic acids is 2. The molecule has 0 aromatic heterocycles. The Labute approximate surface area is 233 Å². The first-order valence-electron chi connectivity index (χ1n) is 15.3. The zero-order chi connectivity index (χ0) is 27.0. The number of nitrogens with zero attached hydrogens (tertiary/aromatic N) is 4. The minimum absolute atomic E-state index is 0.0221. The first kappa shape index (κ1) is 26.9. The molecule has 5 aliphatic heterocycles. The summed E-state index contributed by atoms with van der Waals surface area (Å²) in [6.45, 7) is 4.81. The standard InChI is InChI=1S/C31H46N4O4/c1-32(2)29(36)34-20-23-7-3-6-10-28(23)31(22-34)14-16-33(17-15-31)25-12-11-24-8-4-5-9-26(19-25)35(24)30(37)39-27-13-18-38-21-27/h3,6-7,10,24-27H,4-5,8-9,11-22H2,1-2H3/t24?,25?,26?,27-/m1/s1. The highest BCUT2D eigenvalue weighted by Crippen LogP contribution is 2.43. The van der Waals surface area contributed by atoms with E-state index in [1.807, 2.05) is 14.1 Å². The third-order valence-corrected chi connectivity index (χ3v) is 10.2. The molecule has 0 aliphatic carbocycles. The fraction of sp³-hybridized carbons (Fsp3) is 0.742. The average Bonchev–Trinajstić information content (AvgIpc) is 3.28. The molecule has 4 saturated heterocycles. The second-order valence-electron chi connectivity index (χ2n) is 12.8. The summed E-state index contributed by atoms with van der Waals surface area (Å²) in [5, 5.41) is 0. The highest BCUT2D eigenvalue weighted by Gasteiger charge is 2.46. The van der Waals surface area contributed by atoms with Crippen molar-refractivity contribution in [2.24, 2.45) is 0 Å². The highest BCUT2D eigenvalue weighted by atomic mass is 16.6. The van der Waals surface area contributed by atoms with Crippen molar-refractivity contribution < 1.29 is 19.1 Å².